The predicted molar refractivity (Wildman–Crippen MR) is 80.7 cm³/mol. The lowest BCUT2D eigenvalue weighted by atomic mass is 9.98. The normalized spacial score (nSPS) is 16.4. The van der Waals surface area contributed by atoms with Crippen LogP contribution < -0.4 is 10.5 Å². The Morgan fingerprint density at radius 1 is 1.32 bits per heavy atom. The number of nitrogens with two attached hydrogens (primary N) is 1. The number of hydrogen-bond acceptors (Lipinski definition) is 2. The van der Waals surface area contributed by atoms with Crippen molar-refractivity contribution in [3.63, 3.8) is 0 Å². The number of hydrogen-bond donors (Lipinski definition) is 1. The van der Waals surface area contributed by atoms with Crippen molar-refractivity contribution in [3.8, 4) is 5.75 Å². The van der Waals surface area contributed by atoms with Crippen molar-refractivity contribution in [3.05, 3.63) is 28.8 Å². The van der Waals surface area contributed by atoms with E-state index >= 15 is 0 Å². The summed E-state index contributed by atoms with van der Waals surface area (Å²) in [4.78, 5) is 0. The zero-order valence-electron chi connectivity index (χ0n) is 12.5. The van der Waals surface area contributed by atoms with Gasteiger partial charge in [-0.15, -0.1) is 0 Å². The van der Waals surface area contributed by atoms with E-state index in [1.165, 1.54) is 29.5 Å². The summed E-state index contributed by atoms with van der Waals surface area (Å²) in [7, 11) is 0. The molecule has 1 aromatic rings. The van der Waals surface area contributed by atoms with Gasteiger partial charge in [-0.25, -0.2) is 0 Å². The molecule has 1 atom stereocenters. The second kappa shape index (κ2) is 6.42. The molecule has 2 nitrogen and oxygen atoms in total. The van der Waals surface area contributed by atoms with Crippen molar-refractivity contribution in [2.24, 2.45) is 11.7 Å². The molecule has 0 spiro atoms. The first-order chi connectivity index (χ1) is 9.13. The standard InChI is InChI=1S/C17H27NO/c1-4-15-9-14(10-16(18)5-2)8-12(3)17(15)19-11-13-6-7-13/h8-9,13,16H,4-7,10-11,18H2,1-3H3. The van der Waals surface area contributed by atoms with E-state index in [1.807, 2.05) is 0 Å². The van der Waals surface area contributed by atoms with Crippen LogP contribution in [0.4, 0.5) is 0 Å². The summed E-state index contributed by atoms with van der Waals surface area (Å²) in [5.41, 5.74) is 10.0. The van der Waals surface area contributed by atoms with Gasteiger partial charge in [0.25, 0.3) is 0 Å². The van der Waals surface area contributed by atoms with Crippen LogP contribution in [-0.4, -0.2) is 12.6 Å². The average Bonchev–Trinajstić information content (AvgIpc) is 3.20. The monoisotopic (exact) mass is 261 g/mol. The molecule has 1 unspecified atom stereocenters. The van der Waals surface area contributed by atoms with Gasteiger partial charge in [0.1, 0.15) is 5.75 Å². The third kappa shape index (κ3) is 3.97. The maximum absolute atomic E-state index is 6.06. The first-order valence-electron chi connectivity index (χ1n) is 7.64. The molecule has 2 heteroatoms. The molecule has 0 bridgehead atoms. The van der Waals surface area contributed by atoms with Gasteiger partial charge in [-0.2, -0.15) is 0 Å². The average molecular weight is 261 g/mol. The highest BCUT2D eigenvalue weighted by Crippen LogP contribution is 2.32. The Bertz CT molecular complexity index is 424. The van der Waals surface area contributed by atoms with Crippen LogP contribution in [0.3, 0.4) is 0 Å². The van der Waals surface area contributed by atoms with Gasteiger partial charge in [-0.05, 0) is 61.6 Å². The van der Waals surface area contributed by atoms with Crippen LogP contribution >= 0.6 is 0 Å². The molecule has 1 aliphatic rings. The van der Waals surface area contributed by atoms with Gasteiger partial charge in [0.2, 0.25) is 0 Å². The van der Waals surface area contributed by atoms with E-state index < -0.39 is 0 Å². The summed E-state index contributed by atoms with van der Waals surface area (Å²) < 4.78 is 6.04. The van der Waals surface area contributed by atoms with Gasteiger partial charge in [0, 0.05) is 6.04 Å². The molecule has 2 N–H and O–H groups in total. The summed E-state index contributed by atoms with van der Waals surface area (Å²) in [6.07, 6.45) is 5.69. The number of ether oxygens (including phenoxy) is 1. The molecule has 0 heterocycles. The van der Waals surface area contributed by atoms with Crippen molar-refractivity contribution in [2.75, 3.05) is 6.61 Å². The zero-order valence-corrected chi connectivity index (χ0v) is 12.5. The molecular formula is C17H27NO. The van der Waals surface area contributed by atoms with Gasteiger partial charge >= 0.3 is 0 Å². The Morgan fingerprint density at radius 3 is 2.63 bits per heavy atom. The Balaban J connectivity index is 2.13. The van der Waals surface area contributed by atoms with Gasteiger partial charge in [0.15, 0.2) is 0 Å². The molecule has 19 heavy (non-hydrogen) atoms. The molecule has 106 valence electrons. The molecule has 0 saturated heterocycles. The zero-order chi connectivity index (χ0) is 13.8. The van der Waals surface area contributed by atoms with Crippen LogP contribution in [0.5, 0.6) is 5.75 Å². The molecule has 1 aliphatic carbocycles. The smallest absolute Gasteiger partial charge is 0.125 e. The lowest BCUT2D eigenvalue weighted by molar-refractivity contribution is 0.295. The molecule has 0 radical (unpaired) electrons. The highest BCUT2D eigenvalue weighted by atomic mass is 16.5. The molecule has 0 aliphatic heterocycles. The Labute approximate surface area is 117 Å². The van der Waals surface area contributed by atoms with E-state index in [0.717, 1.165) is 37.5 Å². The van der Waals surface area contributed by atoms with Crippen LogP contribution in [0, 0.1) is 12.8 Å². The molecule has 0 amide bonds. The first kappa shape index (κ1) is 14.4. The van der Waals surface area contributed by atoms with Gasteiger partial charge in [0.05, 0.1) is 6.61 Å². The Morgan fingerprint density at radius 2 is 2.05 bits per heavy atom. The largest absolute Gasteiger partial charge is 0.493 e. The highest BCUT2D eigenvalue weighted by Gasteiger charge is 2.22. The minimum absolute atomic E-state index is 0.266. The number of benzene rings is 1. The summed E-state index contributed by atoms with van der Waals surface area (Å²) >= 11 is 0. The van der Waals surface area contributed by atoms with Crippen LogP contribution in [0.2, 0.25) is 0 Å². The van der Waals surface area contributed by atoms with E-state index in [0.29, 0.717) is 0 Å². The quantitative estimate of drug-likeness (QED) is 0.813. The van der Waals surface area contributed by atoms with E-state index in [4.69, 9.17) is 10.5 Å². The highest BCUT2D eigenvalue weighted by molar-refractivity contribution is 5.44. The van der Waals surface area contributed by atoms with Crippen LogP contribution in [0.1, 0.15) is 49.8 Å². The fourth-order valence-electron chi connectivity index (χ4n) is 2.45. The van der Waals surface area contributed by atoms with Crippen molar-refractivity contribution < 1.29 is 4.74 Å². The van der Waals surface area contributed by atoms with Crippen molar-refractivity contribution in [2.45, 2.75) is 58.9 Å². The lowest BCUT2D eigenvalue weighted by Gasteiger charge is -2.17. The maximum Gasteiger partial charge on any atom is 0.125 e. The van der Waals surface area contributed by atoms with Gasteiger partial charge in [-0.3, -0.25) is 0 Å². The number of rotatable bonds is 7. The molecule has 2 rings (SSSR count). The van der Waals surface area contributed by atoms with Crippen LogP contribution in [-0.2, 0) is 12.8 Å². The summed E-state index contributed by atoms with van der Waals surface area (Å²) in [5.74, 6) is 1.92. The molecule has 1 fully saturated rings. The van der Waals surface area contributed by atoms with Gasteiger partial charge in [-0.1, -0.05) is 26.0 Å². The summed E-state index contributed by atoms with van der Waals surface area (Å²) in [6, 6.07) is 4.80. The van der Waals surface area contributed by atoms with E-state index in [2.05, 4.69) is 32.9 Å². The lowest BCUT2D eigenvalue weighted by Crippen LogP contribution is -2.21. The predicted octanol–water partition coefficient (Wildman–Crippen LogP) is 3.63. The molecule has 0 aromatic heterocycles. The number of aryl methyl sites for hydroxylation is 2. The second-order valence-corrected chi connectivity index (χ2v) is 5.88. The van der Waals surface area contributed by atoms with Crippen LogP contribution in [0.25, 0.3) is 0 Å². The fraction of sp³-hybridized carbons (Fsp3) is 0.647. The van der Waals surface area contributed by atoms with Crippen molar-refractivity contribution in [1.82, 2.24) is 0 Å². The minimum Gasteiger partial charge on any atom is -0.493 e. The third-order valence-electron chi connectivity index (χ3n) is 3.97. The third-order valence-corrected chi connectivity index (χ3v) is 3.97. The second-order valence-electron chi connectivity index (χ2n) is 5.88. The molecular weight excluding hydrogens is 234 g/mol. The SMILES string of the molecule is CCc1cc(CC(N)CC)cc(C)c1OCC1CC1. The maximum atomic E-state index is 6.06. The van der Waals surface area contributed by atoms with Crippen LogP contribution in [0.15, 0.2) is 12.1 Å². The van der Waals surface area contributed by atoms with Gasteiger partial charge < -0.3 is 10.5 Å². The topological polar surface area (TPSA) is 35.2 Å². The summed E-state index contributed by atoms with van der Waals surface area (Å²) in [6.45, 7) is 7.39. The summed E-state index contributed by atoms with van der Waals surface area (Å²) in [5, 5.41) is 0. The van der Waals surface area contributed by atoms with E-state index in [9.17, 15) is 0 Å². The Hall–Kier alpha value is -1.02. The van der Waals surface area contributed by atoms with Crippen molar-refractivity contribution in [1.29, 1.82) is 0 Å². The fourth-order valence-corrected chi connectivity index (χ4v) is 2.45. The minimum atomic E-state index is 0.266. The first-order valence-corrected chi connectivity index (χ1v) is 7.64. The molecule has 1 saturated carbocycles. The Kier molecular flexibility index (Phi) is 4.87. The van der Waals surface area contributed by atoms with Crippen molar-refractivity contribution >= 4 is 0 Å². The van der Waals surface area contributed by atoms with E-state index in [1.54, 1.807) is 0 Å². The molecule has 1 aromatic carbocycles. The van der Waals surface area contributed by atoms with E-state index in [-0.39, 0.29) is 6.04 Å².